The maximum absolute atomic E-state index is 5.24. The van der Waals surface area contributed by atoms with Crippen LogP contribution >= 0.6 is 0 Å². The minimum atomic E-state index is 0.963. The van der Waals surface area contributed by atoms with Crippen molar-refractivity contribution in [3.05, 3.63) is 23.3 Å². The highest BCUT2D eigenvalue weighted by molar-refractivity contribution is 5.60. The quantitative estimate of drug-likeness (QED) is 0.748. The van der Waals surface area contributed by atoms with Gasteiger partial charge in [-0.2, -0.15) is 0 Å². The van der Waals surface area contributed by atoms with E-state index in [0.29, 0.717) is 0 Å². The minimum Gasteiger partial charge on any atom is -0.497 e. The second kappa shape index (κ2) is 3.29. The van der Waals surface area contributed by atoms with Crippen LogP contribution in [-0.4, -0.2) is 14.2 Å². The van der Waals surface area contributed by atoms with Crippen LogP contribution in [0.4, 0.5) is 5.69 Å². The summed E-state index contributed by atoms with van der Waals surface area (Å²) in [5.74, 6) is 0.963. The van der Waals surface area contributed by atoms with Gasteiger partial charge in [0.25, 0.3) is 0 Å². The molecule has 0 fully saturated rings. The average Bonchev–Trinajstić information content (AvgIpc) is 2.63. The first-order chi connectivity index (χ1) is 6.35. The van der Waals surface area contributed by atoms with Crippen molar-refractivity contribution in [1.82, 2.24) is 0 Å². The Balaban J connectivity index is 2.49. The Bertz CT molecular complexity index is 320. The Kier molecular flexibility index (Phi) is 2.13. The van der Waals surface area contributed by atoms with Crippen molar-refractivity contribution in [2.24, 2.45) is 0 Å². The first-order valence-corrected chi connectivity index (χ1v) is 4.72. The molecule has 2 heteroatoms. The lowest BCUT2D eigenvalue weighted by molar-refractivity contribution is 0.414. The topological polar surface area (TPSA) is 21.3 Å². The van der Waals surface area contributed by atoms with Crippen LogP contribution in [-0.2, 0) is 12.8 Å². The predicted octanol–water partition coefficient (Wildman–Crippen LogP) is 2.23. The molecule has 0 saturated carbocycles. The van der Waals surface area contributed by atoms with Crippen molar-refractivity contribution in [2.45, 2.75) is 19.3 Å². The zero-order valence-electron chi connectivity index (χ0n) is 8.18. The predicted molar refractivity (Wildman–Crippen MR) is 54.6 cm³/mol. The van der Waals surface area contributed by atoms with Gasteiger partial charge < -0.3 is 10.1 Å². The van der Waals surface area contributed by atoms with Crippen LogP contribution in [0.3, 0.4) is 0 Å². The van der Waals surface area contributed by atoms with Crippen molar-refractivity contribution in [3.63, 3.8) is 0 Å². The Morgan fingerprint density at radius 3 is 2.85 bits per heavy atom. The van der Waals surface area contributed by atoms with Crippen molar-refractivity contribution >= 4 is 5.69 Å². The SMILES string of the molecule is CNc1cc(OC)cc2c1CCC2. The van der Waals surface area contributed by atoms with Gasteiger partial charge in [-0.05, 0) is 36.5 Å². The minimum absolute atomic E-state index is 0.963. The zero-order chi connectivity index (χ0) is 9.26. The third-order valence-electron chi connectivity index (χ3n) is 2.69. The number of rotatable bonds is 2. The highest BCUT2D eigenvalue weighted by Gasteiger charge is 2.15. The summed E-state index contributed by atoms with van der Waals surface area (Å²) in [7, 11) is 3.68. The standard InChI is InChI=1S/C11H15NO/c1-12-11-7-9(13-2)6-8-4-3-5-10(8)11/h6-7,12H,3-5H2,1-2H3. The van der Waals surface area contributed by atoms with Gasteiger partial charge in [-0.3, -0.25) is 0 Å². The van der Waals surface area contributed by atoms with E-state index in [9.17, 15) is 0 Å². The van der Waals surface area contributed by atoms with Crippen molar-refractivity contribution in [2.75, 3.05) is 19.5 Å². The molecule has 0 bridgehead atoms. The molecule has 0 radical (unpaired) electrons. The first-order valence-electron chi connectivity index (χ1n) is 4.72. The number of anilines is 1. The molecule has 0 heterocycles. The molecule has 2 rings (SSSR count). The van der Waals surface area contributed by atoms with Gasteiger partial charge in [0.1, 0.15) is 5.75 Å². The molecule has 0 amide bonds. The molecular weight excluding hydrogens is 162 g/mol. The smallest absolute Gasteiger partial charge is 0.121 e. The molecule has 0 saturated heterocycles. The van der Waals surface area contributed by atoms with Crippen LogP contribution in [0, 0.1) is 0 Å². The number of nitrogens with one attached hydrogen (secondary N) is 1. The van der Waals surface area contributed by atoms with Crippen molar-refractivity contribution < 1.29 is 4.74 Å². The Morgan fingerprint density at radius 1 is 1.31 bits per heavy atom. The Labute approximate surface area is 78.9 Å². The second-order valence-electron chi connectivity index (χ2n) is 3.42. The lowest BCUT2D eigenvalue weighted by atomic mass is 10.1. The molecular formula is C11H15NO. The van der Waals surface area contributed by atoms with E-state index in [1.165, 1.54) is 36.1 Å². The molecule has 13 heavy (non-hydrogen) atoms. The van der Waals surface area contributed by atoms with Crippen LogP contribution in [0.2, 0.25) is 0 Å². The van der Waals surface area contributed by atoms with Crippen LogP contribution in [0.5, 0.6) is 5.75 Å². The van der Waals surface area contributed by atoms with E-state index >= 15 is 0 Å². The maximum atomic E-state index is 5.24. The molecule has 0 aromatic heterocycles. The zero-order valence-corrected chi connectivity index (χ0v) is 8.18. The third kappa shape index (κ3) is 1.37. The molecule has 1 aliphatic rings. The summed E-state index contributed by atoms with van der Waals surface area (Å²) in [5.41, 5.74) is 4.15. The van der Waals surface area contributed by atoms with Crippen LogP contribution in [0.25, 0.3) is 0 Å². The number of ether oxygens (including phenoxy) is 1. The lowest BCUT2D eigenvalue weighted by Crippen LogP contribution is -1.96. The van der Waals surface area contributed by atoms with Crippen LogP contribution in [0.15, 0.2) is 12.1 Å². The molecule has 0 aliphatic heterocycles. The van der Waals surface area contributed by atoms with E-state index in [2.05, 4.69) is 17.4 Å². The van der Waals surface area contributed by atoms with E-state index in [0.717, 1.165) is 5.75 Å². The number of hydrogen-bond donors (Lipinski definition) is 1. The van der Waals surface area contributed by atoms with Gasteiger partial charge in [-0.25, -0.2) is 0 Å². The Morgan fingerprint density at radius 2 is 2.15 bits per heavy atom. The number of hydrogen-bond acceptors (Lipinski definition) is 2. The van der Waals surface area contributed by atoms with Gasteiger partial charge in [-0.15, -0.1) is 0 Å². The number of aryl methyl sites for hydroxylation is 1. The monoisotopic (exact) mass is 177 g/mol. The van der Waals surface area contributed by atoms with Crippen LogP contribution < -0.4 is 10.1 Å². The fraction of sp³-hybridized carbons (Fsp3) is 0.455. The van der Waals surface area contributed by atoms with E-state index in [-0.39, 0.29) is 0 Å². The van der Waals surface area contributed by atoms with Gasteiger partial charge in [0.05, 0.1) is 7.11 Å². The molecule has 0 atom stereocenters. The van der Waals surface area contributed by atoms with Gasteiger partial charge in [-0.1, -0.05) is 0 Å². The summed E-state index contributed by atoms with van der Waals surface area (Å²) in [6.07, 6.45) is 3.67. The highest BCUT2D eigenvalue weighted by Crippen LogP contribution is 2.32. The highest BCUT2D eigenvalue weighted by atomic mass is 16.5. The van der Waals surface area contributed by atoms with Gasteiger partial charge >= 0.3 is 0 Å². The normalized spacial score (nSPS) is 14.0. The molecule has 1 aromatic rings. The fourth-order valence-corrected chi connectivity index (χ4v) is 2.02. The molecule has 1 aliphatic carbocycles. The third-order valence-corrected chi connectivity index (χ3v) is 2.69. The summed E-state index contributed by atoms with van der Waals surface area (Å²) < 4.78 is 5.24. The first kappa shape index (κ1) is 8.42. The largest absolute Gasteiger partial charge is 0.497 e. The summed E-state index contributed by atoms with van der Waals surface area (Å²) >= 11 is 0. The summed E-state index contributed by atoms with van der Waals surface area (Å²) in [4.78, 5) is 0. The summed E-state index contributed by atoms with van der Waals surface area (Å²) in [5, 5.41) is 3.22. The Hall–Kier alpha value is -1.18. The van der Waals surface area contributed by atoms with Crippen molar-refractivity contribution in [1.29, 1.82) is 0 Å². The molecule has 70 valence electrons. The lowest BCUT2D eigenvalue weighted by Gasteiger charge is -2.10. The fourth-order valence-electron chi connectivity index (χ4n) is 2.02. The molecule has 1 aromatic carbocycles. The number of benzene rings is 1. The maximum Gasteiger partial charge on any atom is 0.121 e. The molecule has 0 spiro atoms. The van der Waals surface area contributed by atoms with Crippen molar-refractivity contribution in [3.8, 4) is 5.75 Å². The van der Waals surface area contributed by atoms with Gasteiger partial charge in [0, 0.05) is 18.8 Å². The van der Waals surface area contributed by atoms with Crippen LogP contribution in [0.1, 0.15) is 17.5 Å². The van der Waals surface area contributed by atoms with Gasteiger partial charge in [0.2, 0.25) is 0 Å². The van der Waals surface area contributed by atoms with E-state index < -0.39 is 0 Å². The average molecular weight is 177 g/mol. The summed E-state index contributed by atoms with van der Waals surface area (Å²) in [6, 6.07) is 4.23. The number of fused-ring (bicyclic) bond motifs is 1. The number of methoxy groups -OCH3 is 1. The van der Waals surface area contributed by atoms with Gasteiger partial charge in [0.15, 0.2) is 0 Å². The second-order valence-corrected chi connectivity index (χ2v) is 3.42. The van der Waals surface area contributed by atoms with E-state index in [4.69, 9.17) is 4.74 Å². The molecule has 2 nitrogen and oxygen atoms in total. The summed E-state index contributed by atoms with van der Waals surface area (Å²) in [6.45, 7) is 0. The molecule has 0 unspecified atom stereocenters. The van der Waals surface area contributed by atoms with E-state index in [1.54, 1.807) is 7.11 Å². The molecule has 1 N–H and O–H groups in total. The van der Waals surface area contributed by atoms with E-state index in [1.807, 2.05) is 7.05 Å².